The van der Waals surface area contributed by atoms with E-state index >= 15 is 0 Å². The van der Waals surface area contributed by atoms with Gasteiger partial charge in [0.1, 0.15) is 5.82 Å². The van der Waals surface area contributed by atoms with Crippen molar-refractivity contribution in [3.8, 4) is 0 Å². The van der Waals surface area contributed by atoms with E-state index in [-0.39, 0.29) is 16.6 Å². The number of likely N-dealkylation sites (N-methyl/N-ethyl adjacent to an activating group) is 1. The van der Waals surface area contributed by atoms with Crippen LogP contribution < -0.4 is 0 Å². The highest BCUT2D eigenvalue weighted by molar-refractivity contribution is 7.89. The molecule has 0 aromatic heterocycles. The zero-order chi connectivity index (χ0) is 20.6. The molecule has 3 fully saturated rings. The minimum atomic E-state index is -3.66. The average Bonchev–Trinajstić information content (AvgIpc) is 3.08. The largest absolute Gasteiger partial charge is 0.370 e. The lowest BCUT2D eigenvalue weighted by Gasteiger charge is -2.39. The number of benzene rings is 1. The molecule has 4 rings (SSSR count). The summed E-state index contributed by atoms with van der Waals surface area (Å²) in [6.07, 6.45) is 3.70. The van der Waals surface area contributed by atoms with Gasteiger partial charge in [-0.15, -0.1) is 0 Å². The SMILES string of the molecule is Cc1ccc(S(=O)(=O)N2CCC3(CC[C@H](CN4CCN(C)CC4)O3)CC2)cc1F. The Morgan fingerprint density at radius 1 is 1.10 bits per heavy atom. The van der Waals surface area contributed by atoms with E-state index in [1.165, 1.54) is 16.4 Å². The Bertz CT molecular complexity index is 832. The Labute approximate surface area is 173 Å². The fourth-order valence-electron chi connectivity index (χ4n) is 4.73. The second kappa shape index (κ2) is 8.23. The van der Waals surface area contributed by atoms with Gasteiger partial charge in [0.05, 0.1) is 16.6 Å². The molecule has 0 unspecified atom stereocenters. The standard InChI is InChI=1S/C21H32FN3O3S/c1-17-3-4-19(15-20(17)22)29(26,27)25-9-7-21(8-10-25)6-5-18(28-21)16-24-13-11-23(2)12-14-24/h3-4,15,18H,5-14,16H2,1-2H3/t18-/m1/s1. The van der Waals surface area contributed by atoms with Crippen LogP contribution in [-0.4, -0.2) is 87.1 Å². The van der Waals surface area contributed by atoms with Crippen LogP contribution >= 0.6 is 0 Å². The van der Waals surface area contributed by atoms with Crippen molar-refractivity contribution in [2.75, 3.05) is 52.9 Å². The molecular formula is C21H32FN3O3S. The molecule has 6 nitrogen and oxygen atoms in total. The van der Waals surface area contributed by atoms with Crippen molar-refractivity contribution >= 4 is 10.0 Å². The highest BCUT2D eigenvalue weighted by Crippen LogP contribution is 2.40. The number of piperazine rings is 1. The number of halogens is 1. The molecule has 3 aliphatic rings. The van der Waals surface area contributed by atoms with E-state index in [0.29, 0.717) is 31.5 Å². The van der Waals surface area contributed by atoms with Crippen molar-refractivity contribution in [3.05, 3.63) is 29.6 Å². The fourth-order valence-corrected chi connectivity index (χ4v) is 6.18. The van der Waals surface area contributed by atoms with Crippen LogP contribution in [0.2, 0.25) is 0 Å². The van der Waals surface area contributed by atoms with Crippen LogP contribution in [-0.2, 0) is 14.8 Å². The summed E-state index contributed by atoms with van der Waals surface area (Å²) in [5, 5.41) is 0. The molecule has 0 amide bonds. The summed E-state index contributed by atoms with van der Waals surface area (Å²) in [6, 6.07) is 4.15. The van der Waals surface area contributed by atoms with Crippen LogP contribution in [0.1, 0.15) is 31.2 Å². The van der Waals surface area contributed by atoms with Gasteiger partial charge in [-0.25, -0.2) is 12.8 Å². The van der Waals surface area contributed by atoms with E-state index in [9.17, 15) is 12.8 Å². The van der Waals surface area contributed by atoms with Crippen molar-refractivity contribution in [1.82, 2.24) is 14.1 Å². The minimum absolute atomic E-state index is 0.0387. The third kappa shape index (κ3) is 4.51. The Hall–Kier alpha value is -1.06. The molecule has 0 bridgehead atoms. The van der Waals surface area contributed by atoms with Crippen molar-refractivity contribution in [1.29, 1.82) is 0 Å². The number of piperidine rings is 1. The third-order valence-electron chi connectivity index (χ3n) is 6.81. The van der Waals surface area contributed by atoms with E-state index in [1.807, 2.05) is 0 Å². The van der Waals surface area contributed by atoms with Gasteiger partial charge in [-0.05, 0) is 57.4 Å². The van der Waals surface area contributed by atoms with Gasteiger partial charge in [-0.3, -0.25) is 4.90 Å². The van der Waals surface area contributed by atoms with Crippen molar-refractivity contribution in [2.45, 2.75) is 49.2 Å². The van der Waals surface area contributed by atoms with Crippen LogP contribution in [0.25, 0.3) is 0 Å². The van der Waals surface area contributed by atoms with Crippen molar-refractivity contribution in [2.24, 2.45) is 0 Å². The Morgan fingerprint density at radius 2 is 1.79 bits per heavy atom. The Balaban J connectivity index is 1.33. The van der Waals surface area contributed by atoms with E-state index in [1.54, 1.807) is 6.92 Å². The molecule has 0 radical (unpaired) electrons. The first-order valence-corrected chi connectivity index (χ1v) is 12.1. The molecule has 3 saturated heterocycles. The highest BCUT2D eigenvalue weighted by Gasteiger charge is 2.45. The first-order valence-electron chi connectivity index (χ1n) is 10.6. The van der Waals surface area contributed by atoms with Gasteiger partial charge >= 0.3 is 0 Å². The van der Waals surface area contributed by atoms with Gasteiger partial charge in [0.15, 0.2) is 0 Å². The summed E-state index contributed by atoms with van der Waals surface area (Å²) < 4.78 is 47.7. The lowest BCUT2D eigenvalue weighted by atomic mass is 9.89. The quantitative estimate of drug-likeness (QED) is 0.739. The molecule has 0 aliphatic carbocycles. The van der Waals surface area contributed by atoms with Gasteiger partial charge < -0.3 is 9.64 Å². The predicted octanol–water partition coefficient (Wildman–Crippen LogP) is 2.08. The monoisotopic (exact) mass is 425 g/mol. The molecule has 1 spiro atoms. The van der Waals surface area contributed by atoms with E-state index in [2.05, 4.69) is 16.8 Å². The number of hydrogen-bond acceptors (Lipinski definition) is 5. The topological polar surface area (TPSA) is 53.1 Å². The highest BCUT2D eigenvalue weighted by atomic mass is 32.2. The Morgan fingerprint density at radius 3 is 2.45 bits per heavy atom. The Kier molecular flexibility index (Phi) is 6.01. The van der Waals surface area contributed by atoms with Crippen LogP contribution in [0.4, 0.5) is 4.39 Å². The maximum atomic E-state index is 13.9. The molecule has 3 heterocycles. The normalized spacial score (nSPS) is 26.9. The minimum Gasteiger partial charge on any atom is -0.370 e. The smallest absolute Gasteiger partial charge is 0.243 e. The zero-order valence-corrected chi connectivity index (χ0v) is 18.3. The number of sulfonamides is 1. The van der Waals surface area contributed by atoms with Crippen LogP contribution in [0, 0.1) is 12.7 Å². The lowest BCUT2D eigenvalue weighted by Crippen LogP contribution is -2.49. The number of ether oxygens (including phenoxy) is 1. The summed E-state index contributed by atoms with van der Waals surface area (Å²) in [7, 11) is -1.51. The first kappa shape index (κ1) is 21.2. The second-order valence-corrected chi connectivity index (χ2v) is 10.8. The molecule has 162 valence electrons. The molecule has 1 atom stereocenters. The third-order valence-corrected chi connectivity index (χ3v) is 8.71. The van der Waals surface area contributed by atoms with Gasteiger partial charge in [-0.2, -0.15) is 4.31 Å². The zero-order valence-electron chi connectivity index (χ0n) is 17.4. The number of hydrogen-bond donors (Lipinski definition) is 0. The molecule has 8 heteroatoms. The summed E-state index contributed by atoms with van der Waals surface area (Å²) in [6.45, 7) is 7.84. The summed E-state index contributed by atoms with van der Waals surface area (Å²) in [4.78, 5) is 4.87. The van der Waals surface area contributed by atoms with Gasteiger partial charge in [0.2, 0.25) is 10.0 Å². The predicted molar refractivity (Wildman–Crippen MR) is 110 cm³/mol. The average molecular weight is 426 g/mol. The maximum absolute atomic E-state index is 13.9. The first-order chi connectivity index (χ1) is 13.8. The van der Waals surface area contributed by atoms with E-state index in [4.69, 9.17) is 4.74 Å². The van der Waals surface area contributed by atoms with Crippen LogP contribution in [0.5, 0.6) is 0 Å². The van der Waals surface area contributed by atoms with Crippen LogP contribution in [0.3, 0.4) is 0 Å². The lowest BCUT2D eigenvalue weighted by molar-refractivity contribution is -0.0777. The molecule has 0 saturated carbocycles. The molecule has 1 aromatic carbocycles. The van der Waals surface area contributed by atoms with Gasteiger partial charge in [0, 0.05) is 45.8 Å². The van der Waals surface area contributed by atoms with E-state index in [0.717, 1.165) is 51.6 Å². The summed E-state index contributed by atoms with van der Waals surface area (Å²) in [5.74, 6) is -0.481. The summed E-state index contributed by atoms with van der Waals surface area (Å²) >= 11 is 0. The maximum Gasteiger partial charge on any atom is 0.243 e. The number of nitrogens with zero attached hydrogens (tertiary/aromatic N) is 3. The van der Waals surface area contributed by atoms with E-state index < -0.39 is 15.8 Å². The van der Waals surface area contributed by atoms with Crippen molar-refractivity contribution in [3.63, 3.8) is 0 Å². The van der Waals surface area contributed by atoms with Crippen molar-refractivity contribution < 1.29 is 17.5 Å². The number of rotatable bonds is 4. The van der Waals surface area contributed by atoms with Gasteiger partial charge in [-0.1, -0.05) is 6.07 Å². The number of aryl methyl sites for hydroxylation is 1. The van der Waals surface area contributed by atoms with Crippen LogP contribution in [0.15, 0.2) is 23.1 Å². The van der Waals surface area contributed by atoms with Gasteiger partial charge in [0.25, 0.3) is 0 Å². The molecule has 29 heavy (non-hydrogen) atoms. The second-order valence-electron chi connectivity index (χ2n) is 8.88. The molecule has 3 aliphatic heterocycles. The fraction of sp³-hybridized carbons (Fsp3) is 0.714. The molecular weight excluding hydrogens is 393 g/mol. The molecule has 1 aromatic rings. The molecule has 0 N–H and O–H groups in total. The summed E-state index contributed by atoms with van der Waals surface area (Å²) in [5.41, 5.74) is 0.259.